The van der Waals surface area contributed by atoms with E-state index in [2.05, 4.69) is 77.4 Å². The maximum absolute atomic E-state index is 6.97. The number of benzene rings is 2. The van der Waals surface area contributed by atoms with Gasteiger partial charge in [-0.05, 0) is 37.1 Å². The summed E-state index contributed by atoms with van der Waals surface area (Å²) in [5, 5.41) is 0. The molecule has 25 heavy (non-hydrogen) atoms. The topological polar surface area (TPSA) is 32.5 Å². The van der Waals surface area contributed by atoms with Crippen molar-refractivity contribution in [1.29, 1.82) is 0 Å². The molecular weight excluding hydrogens is 306 g/mol. The second kappa shape index (κ2) is 8.61. The molecule has 1 aliphatic rings. The minimum Gasteiger partial charge on any atom is -0.318 e. The van der Waals surface area contributed by atoms with E-state index in [9.17, 15) is 0 Å². The summed E-state index contributed by atoms with van der Waals surface area (Å²) in [7, 11) is 0. The van der Waals surface area contributed by atoms with Gasteiger partial charge in [0.1, 0.15) is 0 Å². The predicted octanol–water partition coefficient (Wildman–Crippen LogP) is 3.31. The number of piperazine rings is 1. The molecule has 0 amide bonds. The van der Waals surface area contributed by atoms with Crippen molar-refractivity contribution in [2.75, 3.05) is 39.3 Å². The van der Waals surface area contributed by atoms with Crippen molar-refractivity contribution in [3.8, 4) is 0 Å². The quantitative estimate of drug-likeness (QED) is 0.841. The fourth-order valence-electron chi connectivity index (χ4n) is 3.84. The van der Waals surface area contributed by atoms with Crippen LogP contribution in [0, 0.1) is 0 Å². The zero-order valence-electron chi connectivity index (χ0n) is 15.4. The minimum absolute atomic E-state index is 0.409. The van der Waals surface area contributed by atoms with Crippen LogP contribution in [0.25, 0.3) is 0 Å². The largest absolute Gasteiger partial charge is 0.318 e. The van der Waals surface area contributed by atoms with Crippen LogP contribution < -0.4 is 5.73 Å². The van der Waals surface area contributed by atoms with Gasteiger partial charge in [-0.15, -0.1) is 0 Å². The molecule has 1 heterocycles. The fraction of sp³-hybridized carbons (Fsp3) is 0.455. The van der Waals surface area contributed by atoms with Crippen LogP contribution in [0.5, 0.6) is 0 Å². The van der Waals surface area contributed by atoms with Gasteiger partial charge in [-0.3, -0.25) is 0 Å². The van der Waals surface area contributed by atoms with Crippen LogP contribution in [0.2, 0.25) is 0 Å². The third-order valence-electron chi connectivity index (χ3n) is 5.54. The van der Waals surface area contributed by atoms with Gasteiger partial charge in [0.15, 0.2) is 0 Å². The molecule has 1 aliphatic heterocycles. The van der Waals surface area contributed by atoms with Gasteiger partial charge in [-0.1, -0.05) is 67.6 Å². The van der Waals surface area contributed by atoms with Crippen LogP contribution in [-0.4, -0.2) is 49.1 Å². The van der Waals surface area contributed by atoms with E-state index < -0.39 is 5.54 Å². The summed E-state index contributed by atoms with van der Waals surface area (Å²) in [6.07, 6.45) is 2.08. The molecule has 2 N–H and O–H groups in total. The monoisotopic (exact) mass is 337 g/mol. The minimum atomic E-state index is -0.409. The molecule has 0 aromatic heterocycles. The highest BCUT2D eigenvalue weighted by Crippen LogP contribution is 2.31. The Kier molecular flexibility index (Phi) is 6.24. The van der Waals surface area contributed by atoms with Gasteiger partial charge in [-0.25, -0.2) is 0 Å². The van der Waals surface area contributed by atoms with Crippen molar-refractivity contribution in [2.24, 2.45) is 5.73 Å². The Morgan fingerprint density at radius 3 is 1.76 bits per heavy atom. The Morgan fingerprint density at radius 1 is 0.800 bits per heavy atom. The molecule has 0 saturated carbocycles. The molecule has 0 radical (unpaired) electrons. The molecule has 3 rings (SSSR count). The summed E-state index contributed by atoms with van der Waals surface area (Å²) in [6, 6.07) is 21.1. The van der Waals surface area contributed by atoms with Gasteiger partial charge in [0.2, 0.25) is 0 Å². The van der Waals surface area contributed by atoms with Crippen LogP contribution in [0.3, 0.4) is 0 Å². The number of rotatable bonds is 7. The van der Waals surface area contributed by atoms with Crippen molar-refractivity contribution in [3.05, 3.63) is 71.8 Å². The molecule has 2 aromatic rings. The van der Waals surface area contributed by atoms with E-state index >= 15 is 0 Å². The standard InChI is InChI=1S/C22H31N3/c1-2-24-16-18-25(19-17-24)15-9-14-22(23,20-10-5-3-6-11-20)21-12-7-4-8-13-21/h3-8,10-13H,2,9,14-19,23H2,1H3. The van der Waals surface area contributed by atoms with Crippen LogP contribution >= 0.6 is 0 Å². The molecule has 134 valence electrons. The zero-order valence-corrected chi connectivity index (χ0v) is 15.4. The Morgan fingerprint density at radius 2 is 1.28 bits per heavy atom. The highest BCUT2D eigenvalue weighted by atomic mass is 15.3. The van der Waals surface area contributed by atoms with E-state index in [0.29, 0.717) is 0 Å². The molecule has 0 spiro atoms. The van der Waals surface area contributed by atoms with Gasteiger partial charge in [0.25, 0.3) is 0 Å². The lowest BCUT2D eigenvalue weighted by Gasteiger charge is -2.35. The first-order chi connectivity index (χ1) is 12.2. The first kappa shape index (κ1) is 18.1. The normalized spacial score (nSPS) is 16.9. The number of likely N-dealkylation sites (N-methyl/N-ethyl adjacent to an activating group) is 1. The third kappa shape index (κ3) is 4.49. The van der Waals surface area contributed by atoms with E-state index in [0.717, 1.165) is 19.4 Å². The predicted molar refractivity (Wildman–Crippen MR) is 106 cm³/mol. The maximum atomic E-state index is 6.97. The van der Waals surface area contributed by atoms with Crippen molar-refractivity contribution >= 4 is 0 Å². The Labute approximate surface area is 152 Å². The molecule has 1 fully saturated rings. The Hall–Kier alpha value is -1.68. The number of nitrogens with zero attached hydrogens (tertiary/aromatic N) is 2. The lowest BCUT2D eigenvalue weighted by Crippen LogP contribution is -2.46. The van der Waals surface area contributed by atoms with Crippen LogP contribution in [0.4, 0.5) is 0 Å². The smallest absolute Gasteiger partial charge is 0.0666 e. The van der Waals surface area contributed by atoms with Crippen LogP contribution in [0.15, 0.2) is 60.7 Å². The lowest BCUT2D eigenvalue weighted by molar-refractivity contribution is 0.134. The molecule has 2 aromatic carbocycles. The Balaban J connectivity index is 1.65. The van der Waals surface area contributed by atoms with E-state index in [1.165, 1.54) is 43.9 Å². The maximum Gasteiger partial charge on any atom is 0.0666 e. The summed E-state index contributed by atoms with van der Waals surface area (Å²) in [6.45, 7) is 9.31. The van der Waals surface area contributed by atoms with Crippen molar-refractivity contribution in [1.82, 2.24) is 9.80 Å². The average Bonchev–Trinajstić information content (AvgIpc) is 2.70. The molecule has 1 saturated heterocycles. The molecule has 0 bridgehead atoms. The number of hydrogen-bond acceptors (Lipinski definition) is 3. The third-order valence-corrected chi connectivity index (χ3v) is 5.54. The van der Waals surface area contributed by atoms with Gasteiger partial charge in [-0.2, -0.15) is 0 Å². The SMILES string of the molecule is CCN1CCN(CCCC(N)(c2ccccc2)c2ccccc2)CC1. The summed E-state index contributed by atoms with van der Waals surface area (Å²) < 4.78 is 0. The highest BCUT2D eigenvalue weighted by molar-refractivity contribution is 5.37. The molecule has 0 unspecified atom stereocenters. The van der Waals surface area contributed by atoms with Crippen molar-refractivity contribution in [3.63, 3.8) is 0 Å². The molecule has 0 atom stereocenters. The van der Waals surface area contributed by atoms with Gasteiger partial charge in [0.05, 0.1) is 5.54 Å². The van der Waals surface area contributed by atoms with Gasteiger partial charge >= 0.3 is 0 Å². The lowest BCUT2D eigenvalue weighted by atomic mass is 9.80. The molecule has 3 heteroatoms. The second-order valence-electron chi connectivity index (χ2n) is 7.08. The number of nitrogens with two attached hydrogens (primary N) is 1. The molecule has 0 aliphatic carbocycles. The fourth-order valence-corrected chi connectivity index (χ4v) is 3.84. The van der Waals surface area contributed by atoms with Gasteiger partial charge in [0, 0.05) is 26.2 Å². The number of hydrogen-bond donors (Lipinski definition) is 1. The van der Waals surface area contributed by atoms with Crippen molar-refractivity contribution in [2.45, 2.75) is 25.3 Å². The molecule has 3 nitrogen and oxygen atoms in total. The zero-order chi connectivity index (χ0) is 17.5. The summed E-state index contributed by atoms with van der Waals surface area (Å²) in [5.74, 6) is 0. The Bertz CT molecular complexity index is 579. The van der Waals surface area contributed by atoms with Crippen molar-refractivity contribution < 1.29 is 0 Å². The van der Waals surface area contributed by atoms with E-state index in [-0.39, 0.29) is 0 Å². The average molecular weight is 338 g/mol. The highest BCUT2D eigenvalue weighted by Gasteiger charge is 2.29. The van der Waals surface area contributed by atoms with Gasteiger partial charge < -0.3 is 15.5 Å². The summed E-state index contributed by atoms with van der Waals surface area (Å²) >= 11 is 0. The van der Waals surface area contributed by atoms with Crippen LogP contribution in [-0.2, 0) is 5.54 Å². The van der Waals surface area contributed by atoms with E-state index in [1.807, 2.05) is 0 Å². The summed E-state index contributed by atoms with van der Waals surface area (Å²) in [4.78, 5) is 5.11. The van der Waals surface area contributed by atoms with E-state index in [4.69, 9.17) is 5.73 Å². The summed E-state index contributed by atoms with van der Waals surface area (Å²) in [5.41, 5.74) is 8.98. The first-order valence-corrected chi connectivity index (χ1v) is 9.57. The first-order valence-electron chi connectivity index (χ1n) is 9.57. The van der Waals surface area contributed by atoms with Crippen LogP contribution in [0.1, 0.15) is 30.9 Å². The van der Waals surface area contributed by atoms with E-state index in [1.54, 1.807) is 0 Å². The molecular formula is C22H31N3. The second-order valence-corrected chi connectivity index (χ2v) is 7.08.